The molecule has 23 heavy (non-hydrogen) atoms. The number of carbonyl (C=O) groups is 2. The molecule has 1 aliphatic carbocycles. The standard InChI is InChI=1S/C18H24N2O3/c1-12-5-2-3-7-15(12)16(13-8-9-13)19-18(23)20-10-4-6-14(11-20)17(21)22/h2-3,5,7,13-14,16H,4,6,8-11H2,1H3,(H,19,23)(H,21,22). The number of rotatable bonds is 4. The minimum absolute atomic E-state index is 0.0360. The first-order valence-corrected chi connectivity index (χ1v) is 8.40. The molecular formula is C18H24N2O3. The Bertz CT molecular complexity index is 598. The van der Waals surface area contributed by atoms with E-state index in [0.29, 0.717) is 25.4 Å². The van der Waals surface area contributed by atoms with Crippen molar-refractivity contribution in [2.45, 2.75) is 38.6 Å². The number of carboxylic acid groups (broad SMARTS) is 1. The van der Waals surface area contributed by atoms with Crippen LogP contribution >= 0.6 is 0 Å². The largest absolute Gasteiger partial charge is 0.481 e. The Labute approximate surface area is 136 Å². The van der Waals surface area contributed by atoms with E-state index in [0.717, 1.165) is 19.3 Å². The number of nitrogens with zero attached hydrogens (tertiary/aromatic N) is 1. The maximum absolute atomic E-state index is 12.6. The van der Waals surface area contributed by atoms with Crippen molar-refractivity contribution >= 4 is 12.0 Å². The van der Waals surface area contributed by atoms with Gasteiger partial charge in [-0.25, -0.2) is 4.79 Å². The zero-order valence-electron chi connectivity index (χ0n) is 13.5. The van der Waals surface area contributed by atoms with Crippen molar-refractivity contribution in [1.29, 1.82) is 0 Å². The third kappa shape index (κ3) is 3.66. The fourth-order valence-electron chi connectivity index (χ4n) is 3.40. The van der Waals surface area contributed by atoms with Gasteiger partial charge in [0.2, 0.25) is 0 Å². The molecule has 1 aromatic carbocycles. The third-order valence-corrected chi connectivity index (χ3v) is 4.95. The summed E-state index contributed by atoms with van der Waals surface area (Å²) in [4.78, 5) is 25.4. The molecular weight excluding hydrogens is 292 g/mol. The molecule has 5 heteroatoms. The molecule has 0 spiro atoms. The Hall–Kier alpha value is -2.04. The second-order valence-electron chi connectivity index (χ2n) is 6.74. The van der Waals surface area contributed by atoms with E-state index < -0.39 is 11.9 Å². The Morgan fingerprint density at radius 1 is 1.26 bits per heavy atom. The minimum atomic E-state index is -0.805. The lowest BCUT2D eigenvalue weighted by Crippen LogP contribution is -2.48. The highest BCUT2D eigenvalue weighted by Crippen LogP contribution is 2.42. The number of urea groups is 1. The van der Waals surface area contributed by atoms with Gasteiger partial charge >= 0.3 is 12.0 Å². The highest BCUT2D eigenvalue weighted by Gasteiger charge is 2.36. The van der Waals surface area contributed by atoms with Gasteiger partial charge in [0.1, 0.15) is 0 Å². The van der Waals surface area contributed by atoms with Crippen molar-refractivity contribution in [2.75, 3.05) is 13.1 Å². The Morgan fingerprint density at radius 2 is 2.00 bits per heavy atom. The number of nitrogens with one attached hydrogen (secondary N) is 1. The zero-order valence-corrected chi connectivity index (χ0v) is 13.5. The highest BCUT2D eigenvalue weighted by atomic mass is 16.4. The number of aliphatic carboxylic acids is 1. The molecule has 2 N–H and O–H groups in total. The van der Waals surface area contributed by atoms with Crippen LogP contribution in [0.4, 0.5) is 4.79 Å². The van der Waals surface area contributed by atoms with Crippen LogP contribution in [-0.4, -0.2) is 35.1 Å². The topological polar surface area (TPSA) is 69.6 Å². The molecule has 1 saturated carbocycles. The summed E-state index contributed by atoms with van der Waals surface area (Å²) < 4.78 is 0. The molecule has 0 radical (unpaired) electrons. The first kappa shape index (κ1) is 15.8. The maximum Gasteiger partial charge on any atom is 0.317 e. The highest BCUT2D eigenvalue weighted by molar-refractivity contribution is 5.77. The van der Waals surface area contributed by atoms with Crippen LogP contribution in [-0.2, 0) is 4.79 Å². The van der Waals surface area contributed by atoms with E-state index >= 15 is 0 Å². The van der Waals surface area contributed by atoms with Crippen molar-refractivity contribution in [1.82, 2.24) is 10.2 Å². The van der Waals surface area contributed by atoms with E-state index in [1.807, 2.05) is 12.1 Å². The number of amides is 2. The second kappa shape index (κ2) is 6.60. The maximum atomic E-state index is 12.6. The molecule has 0 aromatic heterocycles. The molecule has 5 nitrogen and oxygen atoms in total. The molecule has 2 amide bonds. The number of carboxylic acids is 1. The molecule has 2 unspecified atom stereocenters. The Balaban J connectivity index is 1.70. The van der Waals surface area contributed by atoms with Crippen LogP contribution in [0.3, 0.4) is 0 Å². The summed E-state index contributed by atoms with van der Waals surface area (Å²) in [5, 5.41) is 12.3. The van der Waals surface area contributed by atoms with Gasteiger partial charge in [-0.1, -0.05) is 24.3 Å². The summed E-state index contributed by atoms with van der Waals surface area (Å²) in [6, 6.07) is 8.07. The first-order chi connectivity index (χ1) is 11.1. The fourth-order valence-corrected chi connectivity index (χ4v) is 3.40. The molecule has 3 rings (SSSR count). The van der Waals surface area contributed by atoms with Crippen LogP contribution in [0.25, 0.3) is 0 Å². The van der Waals surface area contributed by atoms with Crippen LogP contribution in [0.2, 0.25) is 0 Å². The zero-order chi connectivity index (χ0) is 16.4. The SMILES string of the molecule is Cc1ccccc1C(NC(=O)N1CCCC(C(=O)O)C1)C1CC1. The third-order valence-electron chi connectivity index (χ3n) is 4.95. The van der Waals surface area contributed by atoms with E-state index in [-0.39, 0.29) is 12.1 Å². The molecule has 1 heterocycles. The van der Waals surface area contributed by atoms with Crippen molar-refractivity contribution < 1.29 is 14.7 Å². The van der Waals surface area contributed by atoms with Crippen LogP contribution in [0.1, 0.15) is 42.9 Å². The lowest BCUT2D eigenvalue weighted by atomic mass is 9.97. The molecule has 2 fully saturated rings. The summed E-state index contributed by atoms with van der Waals surface area (Å²) in [5.74, 6) is -0.743. The summed E-state index contributed by atoms with van der Waals surface area (Å²) in [6.45, 7) is 3.02. The summed E-state index contributed by atoms with van der Waals surface area (Å²) in [7, 11) is 0. The quantitative estimate of drug-likeness (QED) is 0.897. The number of aryl methyl sites for hydroxylation is 1. The molecule has 2 aliphatic rings. The second-order valence-corrected chi connectivity index (χ2v) is 6.74. The normalized spacial score (nSPS) is 22.5. The number of carbonyl (C=O) groups excluding carboxylic acids is 1. The van der Waals surface area contributed by atoms with Crippen LogP contribution < -0.4 is 5.32 Å². The van der Waals surface area contributed by atoms with Gasteiger partial charge in [-0.3, -0.25) is 4.79 Å². The Kier molecular flexibility index (Phi) is 4.55. The summed E-state index contributed by atoms with van der Waals surface area (Å²) >= 11 is 0. The van der Waals surface area contributed by atoms with E-state index in [9.17, 15) is 14.7 Å². The molecule has 0 bridgehead atoms. The van der Waals surface area contributed by atoms with Gasteiger partial charge in [0.15, 0.2) is 0 Å². The summed E-state index contributed by atoms with van der Waals surface area (Å²) in [6.07, 6.45) is 3.68. The van der Waals surface area contributed by atoms with Crippen molar-refractivity contribution in [3.05, 3.63) is 35.4 Å². The summed E-state index contributed by atoms with van der Waals surface area (Å²) in [5.41, 5.74) is 2.36. The van der Waals surface area contributed by atoms with Crippen LogP contribution in [0.15, 0.2) is 24.3 Å². The molecule has 1 aliphatic heterocycles. The van der Waals surface area contributed by atoms with Crippen LogP contribution in [0, 0.1) is 18.8 Å². The first-order valence-electron chi connectivity index (χ1n) is 8.40. The van der Waals surface area contributed by atoms with Gasteiger partial charge in [0.25, 0.3) is 0 Å². The van der Waals surface area contributed by atoms with Gasteiger partial charge in [-0.05, 0) is 49.7 Å². The minimum Gasteiger partial charge on any atom is -0.481 e. The average molecular weight is 316 g/mol. The van der Waals surface area contributed by atoms with Gasteiger partial charge in [0.05, 0.1) is 12.0 Å². The number of piperidine rings is 1. The van der Waals surface area contributed by atoms with Gasteiger partial charge < -0.3 is 15.3 Å². The van der Waals surface area contributed by atoms with Gasteiger partial charge in [-0.15, -0.1) is 0 Å². The van der Waals surface area contributed by atoms with E-state index in [2.05, 4.69) is 24.4 Å². The predicted molar refractivity (Wildman–Crippen MR) is 87.1 cm³/mol. The van der Waals surface area contributed by atoms with Crippen molar-refractivity contribution in [3.63, 3.8) is 0 Å². The smallest absolute Gasteiger partial charge is 0.317 e. The predicted octanol–water partition coefficient (Wildman–Crippen LogP) is 2.95. The van der Waals surface area contributed by atoms with Crippen LogP contribution in [0.5, 0.6) is 0 Å². The van der Waals surface area contributed by atoms with Gasteiger partial charge in [-0.2, -0.15) is 0 Å². The van der Waals surface area contributed by atoms with E-state index in [1.165, 1.54) is 11.1 Å². The number of hydrogen-bond donors (Lipinski definition) is 2. The number of benzene rings is 1. The lowest BCUT2D eigenvalue weighted by molar-refractivity contribution is -0.143. The number of hydrogen-bond acceptors (Lipinski definition) is 2. The van der Waals surface area contributed by atoms with Crippen molar-refractivity contribution in [2.24, 2.45) is 11.8 Å². The molecule has 1 saturated heterocycles. The van der Waals surface area contributed by atoms with E-state index in [4.69, 9.17) is 0 Å². The monoisotopic (exact) mass is 316 g/mol. The molecule has 2 atom stereocenters. The lowest BCUT2D eigenvalue weighted by Gasteiger charge is -2.32. The van der Waals surface area contributed by atoms with Gasteiger partial charge in [0, 0.05) is 13.1 Å². The Morgan fingerprint density at radius 3 is 2.65 bits per heavy atom. The molecule has 1 aromatic rings. The number of likely N-dealkylation sites (tertiary alicyclic amines) is 1. The fraction of sp³-hybridized carbons (Fsp3) is 0.556. The average Bonchev–Trinajstić information content (AvgIpc) is 3.38. The van der Waals surface area contributed by atoms with Crippen molar-refractivity contribution in [3.8, 4) is 0 Å². The van der Waals surface area contributed by atoms with E-state index in [1.54, 1.807) is 4.90 Å². The molecule has 124 valence electrons.